The number of rotatable bonds is 5. The van der Waals surface area contributed by atoms with Crippen molar-refractivity contribution < 1.29 is 23.8 Å². The summed E-state index contributed by atoms with van der Waals surface area (Å²) in [6.07, 6.45) is 5.00. The van der Waals surface area contributed by atoms with E-state index in [-0.39, 0.29) is 42.3 Å². The van der Waals surface area contributed by atoms with Crippen molar-refractivity contribution in [2.24, 2.45) is 0 Å². The fourth-order valence-corrected chi connectivity index (χ4v) is 5.23. The van der Waals surface area contributed by atoms with Crippen molar-refractivity contribution in [3.8, 4) is 5.75 Å². The number of amides is 3. The smallest absolute Gasteiger partial charge is 0.315 e. The number of carbonyl (C=O) groups excluding carboxylic acids is 2. The average molecular weight is 459 g/mol. The van der Waals surface area contributed by atoms with Crippen LogP contribution in [0.4, 0.5) is 4.79 Å². The Morgan fingerprint density at radius 1 is 0.939 bits per heavy atom. The molecule has 1 aliphatic carbocycles. The molecular formula is C24H34N4O5. The third-order valence-electron chi connectivity index (χ3n) is 7.06. The zero-order chi connectivity index (χ0) is 22.6. The van der Waals surface area contributed by atoms with E-state index in [9.17, 15) is 9.59 Å². The maximum absolute atomic E-state index is 12.6. The van der Waals surface area contributed by atoms with Crippen LogP contribution in [0.1, 0.15) is 42.5 Å². The molecule has 9 heteroatoms. The highest BCUT2D eigenvalue weighted by atomic mass is 16.6. The predicted octanol–water partition coefficient (Wildman–Crippen LogP) is 1.28. The molecule has 3 amide bonds. The molecule has 9 nitrogen and oxygen atoms in total. The Morgan fingerprint density at radius 3 is 2.42 bits per heavy atom. The topological polar surface area (TPSA) is 101 Å². The highest BCUT2D eigenvalue weighted by Gasteiger charge is 2.49. The molecule has 4 aliphatic rings. The van der Waals surface area contributed by atoms with Crippen LogP contribution in [0.5, 0.6) is 5.75 Å². The maximum Gasteiger partial charge on any atom is 0.315 e. The molecule has 3 heterocycles. The van der Waals surface area contributed by atoms with E-state index >= 15 is 0 Å². The van der Waals surface area contributed by atoms with Gasteiger partial charge in [-0.2, -0.15) is 0 Å². The summed E-state index contributed by atoms with van der Waals surface area (Å²) in [5.74, 6) is 0.725. The van der Waals surface area contributed by atoms with Crippen molar-refractivity contribution in [1.82, 2.24) is 20.9 Å². The Morgan fingerprint density at radius 2 is 1.67 bits per heavy atom. The molecular weight excluding hydrogens is 424 g/mol. The van der Waals surface area contributed by atoms with Crippen molar-refractivity contribution in [2.75, 3.05) is 39.4 Å². The summed E-state index contributed by atoms with van der Waals surface area (Å²) in [6.45, 7) is 3.92. The van der Waals surface area contributed by atoms with E-state index in [4.69, 9.17) is 14.2 Å². The second-order valence-corrected chi connectivity index (χ2v) is 9.38. The van der Waals surface area contributed by atoms with Crippen molar-refractivity contribution in [3.05, 3.63) is 29.8 Å². The van der Waals surface area contributed by atoms with Crippen molar-refractivity contribution >= 4 is 11.9 Å². The van der Waals surface area contributed by atoms with Gasteiger partial charge in [0.05, 0.1) is 19.3 Å². The minimum absolute atomic E-state index is 0.0480. The fourth-order valence-electron chi connectivity index (χ4n) is 5.23. The van der Waals surface area contributed by atoms with Gasteiger partial charge >= 0.3 is 6.03 Å². The summed E-state index contributed by atoms with van der Waals surface area (Å²) in [5, 5.41) is 9.37. The third kappa shape index (κ3) is 5.26. The number of hydrogen-bond acceptors (Lipinski definition) is 6. The van der Waals surface area contributed by atoms with E-state index in [0.717, 1.165) is 39.0 Å². The van der Waals surface area contributed by atoms with E-state index in [2.05, 4.69) is 16.0 Å². The monoisotopic (exact) mass is 458 g/mol. The number of nitrogens with one attached hydrogen (secondary N) is 3. The van der Waals surface area contributed by atoms with Crippen LogP contribution in [-0.4, -0.2) is 86.6 Å². The summed E-state index contributed by atoms with van der Waals surface area (Å²) >= 11 is 0. The maximum atomic E-state index is 12.6. The Labute approximate surface area is 194 Å². The van der Waals surface area contributed by atoms with E-state index in [0.29, 0.717) is 24.5 Å². The molecule has 33 heavy (non-hydrogen) atoms. The second-order valence-electron chi connectivity index (χ2n) is 9.38. The van der Waals surface area contributed by atoms with Gasteiger partial charge < -0.3 is 35.1 Å². The lowest BCUT2D eigenvalue weighted by molar-refractivity contribution is 0.0303. The minimum atomic E-state index is -0.252. The summed E-state index contributed by atoms with van der Waals surface area (Å²) in [4.78, 5) is 26.9. The van der Waals surface area contributed by atoms with Gasteiger partial charge in [0.2, 0.25) is 0 Å². The third-order valence-corrected chi connectivity index (χ3v) is 7.06. The van der Waals surface area contributed by atoms with Gasteiger partial charge in [0.15, 0.2) is 6.10 Å². The first-order valence-electron chi connectivity index (χ1n) is 12.2. The van der Waals surface area contributed by atoms with Gasteiger partial charge in [-0.3, -0.25) is 4.79 Å². The van der Waals surface area contributed by atoms with Gasteiger partial charge in [-0.1, -0.05) is 19.3 Å². The molecule has 180 valence electrons. The summed E-state index contributed by atoms with van der Waals surface area (Å²) < 4.78 is 18.0. The number of urea groups is 1. The highest BCUT2D eigenvalue weighted by Crippen LogP contribution is 2.30. The number of fused-ring (bicyclic) bond motifs is 1. The molecule has 4 atom stereocenters. The number of benzene rings is 1. The van der Waals surface area contributed by atoms with Gasteiger partial charge in [0.25, 0.3) is 5.91 Å². The lowest BCUT2D eigenvalue weighted by Crippen LogP contribution is -2.51. The van der Waals surface area contributed by atoms with Crippen LogP contribution in [0.2, 0.25) is 0 Å². The number of piperazine rings is 1. The van der Waals surface area contributed by atoms with Crippen LogP contribution in [0, 0.1) is 0 Å². The Hall–Kier alpha value is -2.36. The Bertz CT molecular complexity index is 823. The van der Waals surface area contributed by atoms with Gasteiger partial charge in [-0.15, -0.1) is 0 Å². The first-order chi connectivity index (χ1) is 16.2. The average Bonchev–Trinajstić information content (AvgIpc) is 3.43. The molecule has 1 saturated carbocycles. The lowest BCUT2D eigenvalue weighted by atomic mass is 9.96. The van der Waals surface area contributed by atoms with E-state index in [1.165, 1.54) is 19.3 Å². The van der Waals surface area contributed by atoms with Gasteiger partial charge in [0.1, 0.15) is 18.0 Å². The van der Waals surface area contributed by atoms with E-state index in [1.807, 2.05) is 29.2 Å². The van der Waals surface area contributed by atoms with Crippen LogP contribution in [-0.2, 0) is 9.47 Å². The molecule has 0 unspecified atom stereocenters. The largest absolute Gasteiger partial charge is 0.485 e. The summed E-state index contributed by atoms with van der Waals surface area (Å²) in [7, 11) is 0. The Balaban J connectivity index is 1.11. The van der Waals surface area contributed by atoms with Gasteiger partial charge in [-0.25, -0.2) is 4.79 Å². The second kappa shape index (κ2) is 10.3. The Kier molecular flexibility index (Phi) is 6.99. The molecule has 0 spiro atoms. The number of nitrogens with zero attached hydrogens (tertiary/aromatic N) is 1. The zero-order valence-electron chi connectivity index (χ0n) is 19.0. The van der Waals surface area contributed by atoms with Crippen molar-refractivity contribution in [2.45, 2.75) is 62.5 Å². The van der Waals surface area contributed by atoms with Gasteiger partial charge in [0, 0.05) is 37.8 Å². The fraction of sp³-hybridized carbons (Fsp3) is 0.667. The molecule has 4 fully saturated rings. The van der Waals surface area contributed by atoms with Crippen LogP contribution in [0.15, 0.2) is 24.3 Å². The lowest BCUT2D eigenvalue weighted by Gasteiger charge is -2.27. The summed E-state index contributed by atoms with van der Waals surface area (Å²) in [6, 6.07) is 7.19. The molecule has 1 aromatic carbocycles. The molecule has 0 aromatic heterocycles. The summed E-state index contributed by atoms with van der Waals surface area (Å²) in [5.41, 5.74) is 0.662. The van der Waals surface area contributed by atoms with Crippen LogP contribution >= 0.6 is 0 Å². The highest BCUT2D eigenvalue weighted by molar-refractivity contribution is 5.94. The molecule has 3 aliphatic heterocycles. The minimum Gasteiger partial charge on any atom is -0.485 e. The first-order valence-corrected chi connectivity index (χ1v) is 12.2. The molecule has 5 rings (SSSR count). The molecule has 0 bridgehead atoms. The number of hydrogen-bond donors (Lipinski definition) is 3. The quantitative estimate of drug-likeness (QED) is 0.615. The first kappa shape index (κ1) is 22.4. The van der Waals surface area contributed by atoms with Crippen LogP contribution in [0.25, 0.3) is 0 Å². The van der Waals surface area contributed by atoms with Crippen molar-refractivity contribution in [1.29, 1.82) is 0 Å². The molecule has 3 saturated heterocycles. The number of ether oxygens (including phenoxy) is 3. The normalized spacial score (nSPS) is 30.0. The zero-order valence-corrected chi connectivity index (χ0v) is 19.0. The van der Waals surface area contributed by atoms with E-state index < -0.39 is 0 Å². The molecule has 1 aromatic rings. The van der Waals surface area contributed by atoms with Crippen LogP contribution in [0.3, 0.4) is 0 Å². The van der Waals surface area contributed by atoms with Gasteiger partial charge in [-0.05, 0) is 37.1 Å². The molecule has 0 radical (unpaired) electrons. The molecule has 3 N–H and O–H groups in total. The number of carbonyl (C=O) groups is 2. The van der Waals surface area contributed by atoms with E-state index in [1.54, 1.807) is 0 Å². The van der Waals surface area contributed by atoms with Crippen molar-refractivity contribution in [3.63, 3.8) is 0 Å². The standard InChI is InChI=1S/C24H34N4O5/c29-23(28-12-10-25-11-13-28)16-6-8-18(9-7-16)33-20-15-32-21-19(14-31-22(20)21)27-24(30)26-17-4-2-1-3-5-17/h6-9,17,19-22,25H,1-5,10-15H2,(H2,26,27,30)/t19-,20-,21+,22+/m0/s1. The SMILES string of the molecule is O=C(NC1CCCCC1)N[C@H]1CO[C@H]2[C@@H]1OC[C@@H]2Oc1ccc(C(=O)N2CCNCC2)cc1. The predicted molar refractivity (Wildman–Crippen MR) is 121 cm³/mol. The van der Waals surface area contributed by atoms with Crippen LogP contribution < -0.4 is 20.7 Å².